The number of methoxy groups -OCH3 is 1. The first-order valence-corrected chi connectivity index (χ1v) is 9.80. The van der Waals surface area contributed by atoms with Gasteiger partial charge in [-0.15, -0.1) is 0 Å². The Morgan fingerprint density at radius 3 is 2.23 bits per heavy atom. The van der Waals surface area contributed by atoms with Crippen LogP contribution in [0.1, 0.15) is 18.1 Å². The Kier molecular flexibility index (Phi) is 6.84. The number of benzene rings is 2. The van der Waals surface area contributed by atoms with Crippen molar-refractivity contribution in [2.45, 2.75) is 37.5 Å². The van der Waals surface area contributed by atoms with E-state index in [-0.39, 0.29) is 12.2 Å². The second-order valence-corrected chi connectivity index (χ2v) is 7.52. The molecule has 0 aliphatic carbocycles. The summed E-state index contributed by atoms with van der Waals surface area (Å²) in [5.41, 5.74) is 0.917. The van der Waals surface area contributed by atoms with Gasteiger partial charge in [0.15, 0.2) is 5.78 Å². The Hall–Kier alpha value is -3.19. The highest BCUT2D eigenvalue weighted by Gasteiger charge is 2.50. The van der Waals surface area contributed by atoms with Crippen LogP contribution in [0.15, 0.2) is 54.6 Å². The number of ketones is 1. The molecular formula is C23H26N2O5. The van der Waals surface area contributed by atoms with Crippen LogP contribution >= 0.6 is 0 Å². The fraction of sp³-hybridized carbons (Fsp3) is 0.348. The third kappa shape index (κ3) is 5.45. The Morgan fingerprint density at radius 1 is 1.07 bits per heavy atom. The van der Waals surface area contributed by atoms with Crippen molar-refractivity contribution in [3.8, 4) is 5.75 Å². The summed E-state index contributed by atoms with van der Waals surface area (Å²) < 4.78 is 10.4. The van der Waals surface area contributed by atoms with Crippen LogP contribution in [0.2, 0.25) is 0 Å². The molecule has 0 aromatic heterocycles. The van der Waals surface area contributed by atoms with Crippen LogP contribution in [0.25, 0.3) is 0 Å². The largest absolute Gasteiger partial charge is 0.497 e. The molecule has 1 fully saturated rings. The van der Waals surface area contributed by atoms with Gasteiger partial charge in [0.25, 0.3) is 0 Å². The van der Waals surface area contributed by atoms with Crippen LogP contribution in [0.3, 0.4) is 0 Å². The van der Waals surface area contributed by atoms with E-state index < -0.39 is 23.6 Å². The van der Waals surface area contributed by atoms with Gasteiger partial charge in [-0.2, -0.15) is 0 Å². The van der Waals surface area contributed by atoms with Crippen molar-refractivity contribution in [1.29, 1.82) is 0 Å². The van der Waals surface area contributed by atoms with E-state index in [2.05, 4.69) is 10.6 Å². The van der Waals surface area contributed by atoms with E-state index >= 15 is 0 Å². The first-order valence-electron chi connectivity index (χ1n) is 9.80. The quantitative estimate of drug-likeness (QED) is 0.432. The molecule has 0 bridgehead atoms. The number of carbonyl (C=O) groups is 3. The summed E-state index contributed by atoms with van der Waals surface area (Å²) in [6.45, 7) is 2.06. The van der Waals surface area contributed by atoms with Gasteiger partial charge >= 0.3 is 0 Å². The van der Waals surface area contributed by atoms with E-state index in [1.807, 2.05) is 42.5 Å². The summed E-state index contributed by atoms with van der Waals surface area (Å²) in [4.78, 5) is 37.0. The minimum absolute atomic E-state index is 0.172. The molecule has 2 amide bonds. The van der Waals surface area contributed by atoms with Crippen LogP contribution in [-0.4, -0.2) is 49.5 Å². The van der Waals surface area contributed by atoms with E-state index in [1.165, 1.54) is 0 Å². The van der Waals surface area contributed by atoms with E-state index in [1.54, 1.807) is 26.2 Å². The minimum atomic E-state index is -0.865. The Balaban J connectivity index is 1.73. The Bertz CT molecular complexity index is 878. The zero-order valence-electron chi connectivity index (χ0n) is 17.1. The van der Waals surface area contributed by atoms with Crippen LogP contribution in [0.5, 0.6) is 5.75 Å². The topological polar surface area (TPSA) is 97.0 Å². The number of ether oxygens (including phenoxy) is 2. The number of carbonyl (C=O) groups excluding carboxylic acids is 3. The molecular weight excluding hydrogens is 384 g/mol. The van der Waals surface area contributed by atoms with Gasteiger partial charge in [0, 0.05) is 6.42 Å². The fourth-order valence-corrected chi connectivity index (χ4v) is 3.26. The molecule has 0 saturated carbocycles. The second kappa shape index (κ2) is 9.54. The van der Waals surface area contributed by atoms with Crippen LogP contribution in [-0.2, 0) is 32.0 Å². The van der Waals surface area contributed by atoms with Gasteiger partial charge in [-0.1, -0.05) is 42.5 Å². The molecule has 0 radical (unpaired) electrons. The lowest BCUT2D eigenvalue weighted by atomic mass is 9.94. The summed E-state index contributed by atoms with van der Waals surface area (Å²) >= 11 is 0. The van der Waals surface area contributed by atoms with Crippen LogP contribution in [0.4, 0.5) is 0 Å². The maximum Gasteiger partial charge on any atom is 0.243 e. The summed E-state index contributed by atoms with van der Waals surface area (Å²) in [5.74, 6) is 0.111. The standard InChI is InChI=1S/C23H26N2O5/c1-23(14-30-23)21(27)19(12-16-6-4-3-5-7-16)25-22(28)20(24-15-26)13-17-8-10-18(29-2)11-9-17/h3-11,15,19-20H,12-14H2,1-2H3,(H,24,26)(H,25,28). The van der Waals surface area contributed by atoms with Crippen LogP contribution in [0, 0.1) is 0 Å². The summed E-state index contributed by atoms with van der Waals surface area (Å²) in [5, 5.41) is 5.38. The Morgan fingerprint density at radius 2 is 1.67 bits per heavy atom. The molecule has 1 saturated heterocycles. The third-order valence-electron chi connectivity index (χ3n) is 5.20. The average Bonchev–Trinajstić information content (AvgIpc) is 3.52. The monoisotopic (exact) mass is 410 g/mol. The van der Waals surface area contributed by atoms with Gasteiger partial charge in [0.1, 0.15) is 17.4 Å². The fourth-order valence-electron chi connectivity index (χ4n) is 3.26. The number of Topliss-reactive ketones (excluding diaryl/α,β-unsaturated/α-hetero) is 1. The second-order valence-electron chi connectivity index (χ2n) is 7.52. The summed E-state index contributed by atoms with van der Waals surface area (Å²) in [6, 6.07) is 15.1. The van der Waals surface area contributed by atoms with Gasteiger partial charge in [-0.25, -0.2) is 0 Å². The van der Waals surface area contributed by atoms with Crippen molar-refractivity contribution in [2.24, 2.45) is 0 Å². The molecule has 2 aromatic carbocycles. The Labute approximate surface area is 175 Å². The molecule has 2 N–H and O–H groups in total. The molecule has 1 aliphatic rings. The highest BCUT2D eigenvalue weighted by molar-refractivity contribution is 5.97. The maximum atomic E-state index is 13.0. The lowest BCUT2D eigenvalue weighted by Crippen LogP contribution is -2.53. The van der Waals surface area contributed by atoms with Crippen molar-refractivity contribution in [2.75, 3.05) is 13.7 Å². The smallest absolute Gasteiger partial charge is 0.243 e. The number of hydrogen-bond acceptors (Lipinski definition) is 5. The number of nitrogens with one attached hydrogen (secondary N) is 2. The number of hydrogen-bond donors (Lipinski definition) is 2. The molecule has 3 atom stereocenters. The molecule has 3 unspecified atom stereocenters. The highest BCUT2D eigenvalue weighted by Crippen LogP contribution is 2.29. The molecule has 3 rings (SSSR count). The maximum absolute atomic E-state index is 13.0. The zero-order chi connectivity index (χ0) is 21.6. The summed E-state index contributed by atoms with van der Waals surface area (Å²) in [6.07, 6.45) is 1.13. The number of epoxide rings is 1. The molecule has 1 heterocycles. The van der Waals surface area contributed by atoms with Gasteiger partial charge < -0.3 is 20.1 Å². The van der Waals surface area contributed by atoms with Crippen molar-refractivity contribution in [1.82, 2.24) is 10.6 Å². The molecule has 0 spiro atoms. The molecule has 7 nitrogen and oxygen atoms in total. The first kappa shape index (κ1) is 21.5. The molecule has 158 valence electrons. The molecule has 30 heavy (non-hydrogen) atoms. The molecule has 7 heteroatoms. The predicted octanol–water partition coefficient (Wildman–Crippen LogP) is 1.44. The predicted molar refractivity (Wildman–Crippen MR) is 111 cm³/mol. The number of amides is 2. The normalized spacial score (nSPS) is 19.3. The highest BCUT2D eigenvalue weighted by atomic mass is 16.6. The van der Waals surface area contributed by atoms with Crippen LogP contribution < -0.4 is 15.4 Å². The lowest BCUT2D eigenvalue weighted by Gasteiger charge is -2.23. The minimum Gasteiger partial charge on any atom is -0.497 e. The van der Waals surface area contributed by atoms with Crippen molar-refractivity contribution in [3.63, 3.8) is 0 Å². The van der Waals surface area contributed by atoms with Gasteiger partial charge in [-0.3, -0.25) is 14.4 Å². The number of rotatable bonds is 11. The van der Waals surface area contributed by atoms with Gasteiger partial charge in [0.05, 0.1) is 19.8 Å². The lowest BCUT2D eigenvalue weighted by molar-refractivity contribution is -0.131. The van der Waals surface area contributed by atoms with Crippen molar-refractivity contribution in [3.05, 3.63) is 65.7 Å². The van der Waals surface area contributed by atoms with E-state index in [4.69, 9.17) is 9.47 Å². The van der Waals surface area contributed by atoms with Crippen molar-refractivity contribution >= 4 is 18.1 Å². The van der Waals surface area contributed by atoms with E-state index in [9.17, 15) is 14.4 Å². The van der Waals surface area contributed by atoms with E-state index in [0.717, 1.165) is 11.1 Å². The average molecular weight is 410 g/mol. The third-order valence-corrected chi connectivity index (χ3v) is 5.20. The van der Waals surface area contributed by atoms with Gasteiger partial charge in [0.2, 0.25) is 12.3 Å². The SMILES string of the molecule is COc1ccc(CC(NC=O)C(=O)NC(Cc2ccccc2)C(=O)C2(C)CO2)cc1. The first-order chi connectivity index (χ1) is 14.4. The van der Waals surface area contributed by atoms with Gasteiger partial charge in [-0.05, 0) is 36.6 Å². The van der Waals surface area contributed by atoms with E-state index in [0.29, 0.717) is 25.2 Å². The zero-order valence-corrected chi connectivity index (χ0v) is 17.1. The molecule has 1 aliphatic heterocycles. The van der Waals surface area contributed by atoms with Crippen molar-refractivity contribution < 1.29 is 23.9 Å². The summed E-state index contributed by atoms with van der Waals surface area (Å²) in [7, 11) is 1.58. The molecule has 2 aromatic rings.